The predicted octanol–water partition coefficient (Wildman–Crippen LogP) is 11.4. The Hall–Kier alpha value is -5.67. The third-order valence-electron chi connectivity index (χ3n) is 8.53. The van der Waals surface area contributed by atoms with E-state index in [0.717, 1.165) is 22.3 Å². The van der Waals surface area contributed by atoms with Gasteiger partial charge < -0.3 is 0 Å². The van der Waals surface area contributed by atoms with Crippen molar-refractivity contribution < 1.29 is 0 Å². The van der Waals surface area contributed by atoms with Gasteiger partial charge in [-0.2, -0.15) is 0 Å². The lowest BCUT2D eigenvalue weighted by Gasteiger charge is -2.11. The number of nitrogens with zero attached hydrogens (tertiary/aromatic N) is 3. The van der Waals surface area contributed by atoms with E-state index < -0.39 is 0 Å². The molecule has 0 N–H and O–H groups in total. The van der Waals surface area contributed by atoms with Crippen LogP contribution in [0, 0.1) is 34.6 Å². The van der Waals surface area contributed by atoms with E-state index in [1.165, 1.54) is 55.6 Å². The Bertz CT molecular complexity index is 2060. The molecule has 7 aromatic rings. The Kier molecular flexibility index (Phi) is 8.05. The fourth-order valence-electron chi connectivity index (χ4n) is 6.31. The summed E-state index contributed by atoms with van der Waals surface area (Å²) in [6.07, 6.45) is 0. The number of aromatic nitrogens is 3. The summed E-state index contributed by atoms with van der Waals surface area (Å²) in [6, 6.07) is 47.4. The van der Waals surface area contributed by atoms with Gasteiger partial charge in [-0.1, -0.05) is 161 Å². The summed E-state index contributed by atoms with van der Waals surface area (Å²) < 4.78 is 0. The maximum Gasteiger partial charge on any atom is 0.164 e. The quantitative estimate of drug-likeness (QED) is 0.189. The van der Waals surface area contributed by atoms with Crippen molar-refractivity contribution in [3.8, 4) is 67.5 Å². The van der Waals surface area contributed by atoms with Crippen LogP contribution in [-0.2, 0) is 0 Å². The van der Waals surface area contributed by atoms with Gasteiger partial charge in [-0.15, -0.1) is 0 Å². The summed E-state index contributed by atoms with van der Waals surface area (Å²) in [5, 5.41) is 0. The average molecular weight is 608 g/mol. The zero-order chi connectivity index (χ0) is 32.5. The summed E-state index contributed by atoms with van der Waals surface area (Å²) >= 11 is 0. The largest absolute Gasteiger partial charge is 0.208 e. The van der Waals surface area contributed by atoms with Crippen LogP contribution in [0.25, 0.3) is 67.5 Å². The fourth-order valence-corrected chi connectivity index (χ4v) is 6.31. The van der Waals surface area contributed by atoms with E-state index in [1.807, 2.05) is 0 Å². The van der Waals surface area contributed by atoms with Crippen molar-refractivity contribution in [2.45, 2.75) is 34.6 Å². The number of hydrogen-bond donors (Lipinski definition) is 0. The second-order valence-corrected chi connectivity index (χ2v) is 12.7. The molecule has 47 heavy (non-hydrogen) atoms. The van der Waals surface area contributed by atoms with Crippen molar-refractivity contribution in [2.75, 3.05) is 0 Å². The van der Waals surface area contributed by atoms with Crippen molar-refractivity contribution in [1.29, 1.82) is 0 Å². The molecule has 0 radical (unpaired) electrons. The predicted molar refractivity (Wildman–Crippen MR) is 196 cm³/mol. The summed E-state index contributed by atoms with van der Waals surface area (Å²) in [7, 11) is 0. The first kappa shape index (κ1) is 30.0. The van der Waals surface area contributed by atoms with Crippen LogP contribution in [0.15, 0.2) is 133 Å². The van der Waals surface area contributed by atoms with Crippen LogP contribution in [0.5, 0.6) is 0 Å². The van der Waals surface area contributed by atoms with Gasteiger partial charge in [0.1, 0.15) is 0 Å². The highest BCUT2D eigenvalue weighted by Gasteiger charge is 2.14. The zero-order valence-corrected chi connectivity index (χ0v) is 27.5. The Morgan fingerprint density at radius 2 is 0.553 bits per heavy atom. The van der Waals surface area contributed by atoms with E-state index in [0.29, 0.717) is 17.5 Å². The molecule has 1 heterocycles. The van der Waals surface area contributed by atoms with Gasteiger partial charge in [0.25, 0.3) is 0 Å². The van der Waals surface area contributed by atoms with Crippen LogP contribution in [0.4, 0.5) is 0 Å². The van der Waals surface area contributed by atoms with Gasteiger partial charge in [-0.3, -0.25) is 0 Å². The molecule has 0 aliphatic heterocycles. The number of hydrogen-bond acceptors (Lipinski definition) is 3. The molecule has 0 aliphatic rings. The minimum absolute atomic E-state index is 0.651. The Balaban J connectivity index is 1.29. The maximum atomic E-state index is 5.01. The molecule has 3 heteroatoms. The van der Waals surface area contributed by atoms with Crippen molar-refractivity contribution in [2.24, 2.45) is 0 Å². The van der Waals surface area contributed by atoms with Gasteiger partial charge in [0, 0.05) is 16.7 Å². The molecule has 0 spiro atoms. The normalized spacial score (nSPS) is 11.1. The lowest BCUT2D eigenvalue weighted by atomic mass is 9.99. The molecule has 3 nitrogen and oxygen atoms in total. The smallest absolute Gasteiger partial charge is 0.164 e. The molecule has 0 saturated carbocycles. The molecule has 0 saturated heterocycles. The molecular weight excluding hydrogens is 571 g/mol. The topological polar surface area (TPSA) is 38.7 Å². The highest BCUT2D eigenvalue weighted by atomic mass is 15.0. The lowest BCUT2D eigenvalue weighted by molar-refractivity contribution is 1.07. The summed E-state index contributed by atoms with van der Waals surface area (Å²) in [6.45, 7) is 10.7. The van der Waals surface area contributed by atoms with E-state index >= 15 is 0 Å². The SMILES string of the molecule is Cc1cccc(-c2ccc(-c3nc(-c4ccc(-c5cc(C)cc(C)c5)cc4)nc(-c4ccc(-c5cc(C)cc(C)c5)cc4)n3)cc2)c1. The van der Waals surface area contributed by atoms with Crippen LogP contribution in [0.3, 0.4) is 0 Å². The van der Waals surface area contributed by atoms with Crippen molar-refractivity contribution in [1.82, 2.24) is 15.0 Å². The second-order valence-electron chi connectivity index (χ2n) is 12.7. The Labute approximate surface area is 277 Å². The van der Waals surface area contributed by atoms with Crippen LogP contribution in [-0.4, -0.2) is 15.0 Å². The Morgan fingerprint density at radius 1 is 0.255 bits per heavy atom. The van der Waals surface area contributed by atoms with E-state index in [4.69, 9.17) is 15.0 Å². The fraction of sp³-hybridized carbons (Fsp3) is 0.114. The molecule has 0 unspecified atom stereocenters. The first-order valence-electron chi connectivity index (χ1n) is 16.1. The van der Waals surface area contributed by atoms with Gasteiger partial charge in [-0.05, 0) is 68.0 Å². The zero-order valence-electron chi connectivity index (χ0n) is 27.5. The Morgan fingerprint density at radius 3 is 0.894 bits per heavy atom. The van der Waals surface area contributed by atoms with Gasteiger partial charge in [0.15, 0.2) is 17.5 Å². The summed E-state index contributed by atoms with van der Waals surface area (Å²) in [4.78, 5) is 15.0. The molecule has 0 amide bonds. The van der Waals surface area contributed by atoms with Gasteiger partial charge in [0.05, 0.1) is 0 Å². The number of rotatable bonds is 6. The highest BCUT2D eigenvalue weighted by molar-refractivity contribution is 5.74. The maximum absolute atomic E-state index is 5.01. The molecule has 0 fully saturated rings. The number of aryl methyl sites for hydroxylation is 5. The molecule has 0 aliphatic carbocycles. The van der Waals surface area contributed by atoms with E-state index in [1.54, 1.807) is 0 Å². The third-order valence-corrected chi connectivity index (χ3v) is 8.53. The van der Waals surface area contributed by atoms with E-state index in [9.17, 15) is 0 Å². The lowest BCUT2D eigenvalue weighted by Crippen LogP contribution is -2.00. The minimum Gasteiger partial charge on any atom is -0.208 e. The molecule has 6 aromatic carbocycles. The van der Waals surface area contributed by atoms with Crippen LogP contribution in [0.1, 0.15) is 27.8 Å². The monoisotopic (exact) mass is 607 g/mol. The van der Waals surface area contributed by atoms with Crippen molar-refractivity contribution in [3.05, 3.63) is 161 Å². The molecule has 7 rings (SSSR count). The molecule has 1 aromatic heterocycles. The van der Waals surface area contributed by atoms with Gasteiger partial charge >= 0.3 is 0 Å². The molecule has 0 atom stereocenters. The highest BCUT2D eigenvalue weighted by Crippen LogP contribution is 2.31. The van der Waals surface area contributed by atoms with Crippen molar-refractivity contribution >= 4 is 0 Å². The molecular formula is C44H37N3. The number of benzene rings is 6. The molecule has 228 valence electrons. The standard InChI is InChI=1S/C44H37N3/c1-28-7-6-8-39(23-28)33-9-15-36(16-10-33)42-45-43(37-17-11-34(12-18-37)40-24-29(2)21-30(3)25-40)47-44(46-42)38-19-13-35(14-20-38)41-26-31(4)22-32(5)27-41/h6-27H,1-5H3. The second kappa shape index (κ2) is 12.6. The summed E-state index contributed by atoms with van der Waals surface area (Å²) in [5.74, 6) is 1.95. The molecule has 0 bridgehead atoms. The average Bonchev–Trinajstić information content (AvgIpc) is 3.07. The first-order chi connectivity index (χ1) is 22.8. The van der Waals surface area contributed by atoms with E-state index in [-0.39, 0.29) is 0 Å². The summed E-state index contributed by atoms with van der Waals surface area (Å²) in [5.41, 5.74) is 16.2. The van der Waals surface area contributed by atoms with Gasteiger partial charge in [0.2, 0.25) is 0 Å². The van der Waals surface area contributed by atoms with Crippen LogP contribution >= 0.6 is 0 Å². The van der Waals surface area contributed by atoms with Crippen molar-refractivity contribution in [3.63, 3.8) is 0 Å². The third kappa shape index (κ3) is 6.66. The van der Waals surface area contributed by atoms with E-state index in [2.05, 4.69) is 168 Å². The van der Waals surface area contributed by atoms with Crippen LogP contribution < -0.4 is 0 Å². The first-order valence-corrected chi connectivity index (χ1v) is 16.1. The minimum atomic E-state index is 0.651. The van der Waals surface area contributed by atoms with Crippen LogP contribution in [0.2, 0.25) is 0 Å². The van der Waals surface area contributed by atoms with Gasteiger partial charge in [-0.25, -0.2) is 15.0 Å².